The molecule has 0 aliphatic heterocycles. The third-order valence-electron chi connectivity index (χ3n) is 2.67. The van der Waals surface area contributed by atoms with Crippen molar-refractivity contribution in [3.63, 3.8) is 0 Å². The standard InChI is InChI=1S/C7H7F.C7H16O/c1-6-3-2-4-7(8)5-6;1-3-7(4-2)5-6-8/h2-5H,1H3;7-8H,3-6H2,1-2H3. The quantitative estimate of drug-likeness (QED) is 0.824. The molecule has 0 aromatic heterocycles. The van der Waals surface area contributed by atoms with Crippen LogP contribution in [0.15, 0.2) is 24.3 Å². The lowest BCUT2D eigenvalue weighted by atomic mass is 10.0. The average molecular weight is 226 g/mol. The van der Waals surface area contributed by atoms with Crippen molar-refractivity contribution in [3.05, 3.63) is 35.6 Å². The molecule has 0 atom stereocenters. The molecule has 1 aromatic rings. The fourth-order valence-corrected chi connectivity index (χ4v) is 1.49. The van der Waals surface area contributed by atoms with Crippen LogP contribution in [0, 0.1) is 18.7 Å². The van der Waals surface area contributed by atoms with E-state index >= 15 is 0 Å². The number of aryl methyl sites for hydroxylation is 1. The second-order valence-electron chi connectivity index (χ2n) is 3.99. The van der Waals surface area contributed by atoms with Gasteiger partial charge in [-0.2, -0.15) is 0 Å². The van der Waals surface area contributed by atoms with E-state index in [1.165, 1.54) is 25.0 Å². The summed E-state index contributed by atoms with van der Waals surface area (Å²) in [6.07, 6.45) is 3.39. The minimum atomic E-state index is -0.162. The molecular weight excluding hydrogens is 203 g/mol. The van der Waals surface area contributed by atoms with E-state index in [1.54, 1.807) is 6.07 Å². The van der Waals surface area contributed by atoms with Crippen LogP contribution in [0.3, 0.4) is 0 Å². The predicted molar refractivity (Wildman–Crippen MR) is 66.9 cm³/mol. The van der Waals surface area contributed by atoms with E-state index in [1.807, 2.05) is 13.0 Å². The van der Waals surface area contributed by atoms with Crippen molar-refractivity contribution in [1.82, 2.24) is 0 Å². The molecule has 92 valence electrons. The van der Waals surface area contributed by atoms with Crippen LogP contribution in [-0.2, 0) is 0 Å². The topological polar surface area (TPSA) is 20.2 Å². The summed E-state index contributed by atoms with van der Waals surface area (Å²) in [4.78, 5) is 0. The van der Waals surface area contributed by atoms with Crippen molar-refractivity contribution >= 4 is 0 Å². The van der Waals surface area contributed by atoms with E-state index in [9.17, 15) is 4.39 Å². The van der Waals surface area contributed by atoms with Crippen LogP contribution in [0.2, 0.25) is 0 Å². The van der Waals surface area contributed by atoms with E-state index in [0.29, 0.717) is 6.61 Å². The Bertz CT molecular complexity index is 252. The summed E-state index contributed by atoms with van der Waals surface area (Å²) in [6.45, 7) is 6.56. The molecular formula is C14H23FO. The lowest BCUT2D eigenvalue weighted by Gasteiger charge is -2.07. The molecule has 1 aromatic carbocycles. The molecule has 0 heterocycles. The maximum Gasteiger partial charge on any atom is 0.123 e. The molecule has 0 radical (unpaired) electrons. The van der Waals surface area contributed by atoms with Gasteiger partial charge in [0.05, 0.1) is 0 Å². The molecule has 0 bridgehead atoms. The maximum absolute atomic E-state index is 12.2. The fourth-order valence-electron chi connectivity index (χ4n) is 1.49. The van der Waals surface area contributed by atoms with E-state index < -0.39 is 0 Å². The smallest absolute Gasteiger partial charge is 0.123 e. The molecule has 0 amide bonds. The second kappa shape index (κ2) is 9.34. The molecule has 0 unspecified atom stereocenters. The molecule has 0 saturated carbocycles. The normalized spacial score (nSPS) is 9.88. The van der Waals surface area contributed by atoms with Gasteiger partial charge in [-0.1, -0.05) is 38.8 Å². The Morgan fingerprint density at radius 1 is 1.25 bits per heavy atom. The molecule has 1 nitrogen and oxygen atoms in total. The first-order valence-corrected chi connectivity index (χ1v) is 5.97. The largest absolute Gasteiger partial charge is 0.396 e. The first kappa shape index (κ1) is 15.1. The molecule has 1 rings (SSSR count). The van der Waals surface area contributed by atoms with Gasteiger partial charge in [0, 0.05) is 6.61 Å². The van der Waals surface area contributed by atoms with Gasteiger partial charge in [0.15, 0.2) is 0 Å². The summed E-state index contributed by atoms with van der Waals surface area (Å²) in [5.41, 5.74) is 0.963. The van der Waals surface area contributed by atoms with Crippen LogP contribution >= 0.6 is 0 Å². The summed E-state index contributed by atoms with van der Waals surface area (Å²) in [5.74, 6) is 0.588. The Hall–Kier alpha value is -0.890. The van der Waals surface area contributed by atoms with Crippen molar-refractivity contribution in [1.29, 1.82) is 0 Å². The van der Waals surface area contributed by atoms with Gasteiger partial charge in [-0.3, -0.25) is 0 Å². The van der Waals surface area contributed by atoms with Crippen LogP contribution in [-0.4, -0.2) is 11.7 Å². The van der Waals surface area contributed by atoms with Gasteiger partial charge in [-0.25, -0.2) is 4.39 Å². The highest BCUT2D eigenvalue weighted by Crippen LogP contribution is 2.10. The van der Waals surface area contributed by atoms with Crippen LogP contribution in [0.25, 0.3) is 0 Å². The second-order valence-corrected chi connectivity index (χ2v) is 3.99. The predicted octanol–water partition coefficient (Wildman–Crippen LogP) is 3.94. The van der Waals surface area contributed by atoms with Crippen LogP contribution in [0.1, 0.15) is 38.7 Å². The van der Waals surface area contributed by atoms with Gasteiger partial charge < -0.3 is 5.11 Å². The number of aliphatic hydroxyl groups is 1. The van der Waals surface area contributed by atoms with Gasteiger partial charge in [0.2, 0.25) is 0 Å². The van der Waals surface area contributed by atoms with Gasteiger partial charge in [-0.15, -0.1) is 0 Å². The van der Waals surface area contributed by atoms with Gasteiger partial charge >= 0.3 is 0 Å². The molecule has 0 aliphatic rings. The minimum Gasteiger partial charge on any atom is -0.396 e. The highest BCUT2D eigenvalue weighted by atomic mass is 19.1. The maximum atomic E-state index is 12.2. The summed E-state index contributed by atoms with van der Waals surface area (Å²) < 4.78 is 12.2. The zero-order chi connectivity index (χ0) is 12.4. The van der Waals surface area contributed by atoms with Crippen LogP contribution < -0.4 is 0 Å². The minimum absolute atomic E-state index is 0.162. The third-order valence-corrected chi connectivity index (χ3v) is 2.67. The van der Waals surface area contributed by atoms with Crippen molar-refractivity contribution in [3.8, 4) is 0 Å². The Kier molecular flexibility index (Phi) is 8.82. The van der Waals surface area contributed by atoms with Gasteiger partial charge in [-0.05, 0) is 37.0 Å². The zero-order valence-corrected chi connectivity index (χ0v) is 10.5. The lowest BCUT2D eigenvalue weighted by molar-refractivity contribution is 0.252. The number of hydrogen-bond acceptors (Lipinski definition) is 1. The third kappa shape index (κ3) is 7.41. The molecule has 0 fully saturated rings. The molecule has 0 saturated heterocycles. The number of aliphatic hydroxyl groups excluding tert-OH is 1. The van der Waals surface area contributed by atoms with Crippen molar-refractivity contribution in [2.75, 3.05) is 6.61 Å². The molecule has 0 spiro atoms. The Morgan fingerprint density at radius 3 is 2.12 bits per heavy atom. The molecule has 16 heavy (non-hydrogen) atoms. The van der Waals surface area contributed by atoms with Gasteiger partial charge in [0.1, 0.15) is 5.82 Å². The molecule has 0 aliphatic carbocycles. The van der Waals surface area contributed by atoms with Crippen LogP contribution in [0.5, 0.6) is 0 Å². The first-order valence-electron chi connectivity index (χ1n) is 5.97. The van der Waals surface area contributed by atoms with Crippen LogP contribution in [0.4, 0.5) is 4.39 Å². The summed E-state index contributed by atoms with van der Waals surface area (Å²) in [6, 6.07) is 6.50. The molecule has 1 N–H and O–H groups in total. The summed E-state index contributed by atoms with van der Waals surface area (Å²) in [7, 11) is 0. The Morgan fingerprint density at radius 2 is 1.88 bits per heavy atom. The van der Waals surface area contributed by atoms with E-state index in [0.717, 1.165) is 17.9 Å². The highest BCUT2D eigenvalue weighted by Gasteiger charge is 1.99. The zero-order valence-electron chi connectivity index (χ0n) is 10.5. The van der Waals surface area contributed by atoms with E-state index in [4.69, 9.17) is 5.11 Å². The lowest BCUT2D eigenvalue weighted by Crippen LogP contribution is -1.98. The van der Waals surface area contributed by atoms with E-state index in [2.05, 4.69) is 13.8 Å². The van der Waals surface area contributed by atoms with Crippen molar-refractivity contribution in [2.45, 2.75) is 40.0 Å². The molecule has 2 heteroatoms. The van der Waals surface area contributed by atoms with Gasteiger partial charge in [0.25, 0.3) is 0 Å². The Balaban J connectivity index is 0.000000281. The van der Waals surface area contributed by atoms with E-state index in [-0.39, 0.29) is 5.82 Å². The average Bonchev–Trinajstić information content (AvgIpc) is 2.26. The fraction of sp³-hybridized carbons (Fsp3) is 0.571. The SMILES string of the molecule is CCC(CC)CCO.Cc1cccc(F)c1. The first-order chi connectivity index (χ1) is 7.63. The number of hydrogen-bond donors (Lipinski definition) is 1. The summed E-state index contributed by atoms with van der Waals surface area (Å²) >= 11 is 0. The monoisotopic (exact) mass is 226 g/mol. The highest BCUT2D eigenvalue weighted by molar-refractivity contribution is 5.13. The van der Waals surface area contributed by atoms with Crippen molar-refractivity contribution in [2.24, 2.45) is 5.92 Å². The summed E-state index contributed by atoms with van der Waals surface area (Å²) in [5, 5.41) is 8.50. The Labute approximate surface area is 98.3 Å². The van der Waals surface area contributed by atoms with Crippen molar-refractivity contribution < 1.29 is 9.50 Å². The number of halogens is 1. The number of rotatable bonds is 4. The number of benzene rings is 1.